The van der Waals surface area contributed by atoms with E-state index in [2.05, 4.69) is 21.0 Å². The second kappa shape index (κ2) is 9.16. The molecule has 0 spiro atoms. The number of rotatable bonds is 7. The summed E-state index contributed by atoms with van der Waals surface area (Å²) in [5, 5.41) is 4.31. The molecule has 0 saturated heterocycles. The van der Waals surface area contributed by atoms with Gasteiger partial charge in [-0.3, -0.25) is 4.79 Å². The molecule has 0 N–H and O–H groups in total. The van der Waals surface area contributed by atoms with Crippen LogP contribution in [0.15, 0.2) is 64.0 Å². The molecular weight excluding hydrogens is 444 g/mol. The molecule has 2 aromatic carbocycles. The first-order chi connectivity index (χ1) is 13.5. The van der Waals surface area contributed by atoms with E-state index in [1.807, 2.05) is 19.1 Å². The van der Waals surface area contributed by atoms with E-state index in [4.69, 9.17) is 4.74 Å². The topological polar surface area (TPSA) is 78.3 Å². The van der Waals surface area contributed by atoms with Crippen LogP contribution in [0.2, 0.25) is 0 Å². The molecule has 0 radical (unpaired) electrons. The van der Waals surface area contributed by atoms with Crippen LogP contribution in [-0.2, 0) is 16.5 Å². The number of benzene rings is 2. The maximum atomic E-state index is 13.1. The van der Waals surface area contributed by atoms with Crippen LogP contribution in [0.5, 0.6) is 5.75 Å². The van der Waals surface area contributed by atoms with Crippen LogP contribution in [0.1, 0.15) is 18.9 Å². The zero-order valence-electron chi connectivity index (χ0n) is 15.2. The van der Waals surface area contributed by atoms with Gasteiger partial charge < -0.3 is 4.74 Å². The Hall–Kier alpha value is -2.45. The third-order valence-corrected chi connectivity index (χ3v) is 5.13. The van der Waals surface area contributed by atoms with Gasteiger partial charge in [-0.2, -0.15) is 9.78 Å². The molecule has 0 unspecified atom stereocenters. The first kappa shape index (κ1) is 20.3. The van der Waals surface area contributed by atoms with E-state index < -0.39 is 10.7 Å². The van der Waals surface area contributed by atoms with Gasteiger partial charge in [0.25, 0.3) is 0 Å². The summed E-state index contributed by atoms with van der Waals surface area (Å²) >= 11 is 3.40. The van der Waals surface area contributed by atoms with Crippen LogP contribution in [0.4, 0.5) is 0 Å². The Morgan fingerprint density at radius 2 is 1.89 bits per heavy atom. The maximum absolute atomic E-state index is 13.1. The number of nitrogens with zero attached hydrogens (tertiary/aromatic N) is 2. The fraction of sp³-hybridized carbons (Fsp3) is 0.200. The van der Waals surface area contributed by atoms with Gasteiger partial charge in [0, 0.05) is 10.0 Å². The number of ether oxygens (including phenoxy) is 1. The van der Waals surface area contributed by atoms with Crippen molar-refractivity contribution in [1.29, 1.82) is 0 Å². The van der Waals surface area contributed by atoms with E-state index >= 15 is 0 Å². The van der Waals surface area contributed by atoms with Crippen molar-refractivity contribution in [1.82, 2.24) is 9.78 Å². The highest BCUT2D eigenvalue weighted by Gasteiger charge is 2.16. The summed E-state index contributed by atoms with van der Waals surface area (Å²) in [5.41, 5.74) is 2.27. The molecule has 3 aromatic rings. The highest BCUT2D eigenvalue weighted by atomic mass is 79.9. The van der Waals surface area contributed by atoms with Gasteiger partial charge in [0.1, 0.15) is 10.7 Å². The second-order valence-corrected chi connectivity index (χ2v) is 8.02. The monoisotopic (exact) mass is 462 g/mol. The number of hydrogen-bond acceptors (Lipinski definition) is 5. The van der Waals surface area contributed by atoms with Crippen molar-refractivity contribution in [2.24, 2.45) is 0 Å². The molecule has 0 aliphatic carbocycles. The Morgan fingerprint density at radius 3 is 2.54 bits per heavy atom. The average molecular weight is 463 g/mol. The fourth-order valence-corrected chi connectivity index (χ4v) is 3.61. The van der Waals surface area contributed by atoms with Gasteiger partial charge in [-0.1, -0.05) is 53.2 Å². The average Bonchev–Trinajstić information content (AvgIpc) is 2.67. The van der Waals surface area contributed by atoms with Gasteiger partial charge in [0.05, 0.1) is 24.2 Å². The minimum atomic E-state index is -2.49. The number of thiol groups is 1. The van der Waals surface area contributed by atoms with Crippen LogP contribution in [0.3, 0.4) is 0 Å². The normalized spacial score (nSPS) is 11.0. The lowest BCUT2D eigenvalue weighted by atomic mass is 10.1. The Labute approximate surface area is 172 Å². The highest BCUT2D eigenvalue weighted by Crippen LogP contribution is 2.27. The van der Waals surface area contributed by atoms with Crippen molar-refractivity contribution in [2.45, 2.75) is 19.1 Å². The van der Waals surface area contributed by atoms with Gasteiger partial charge in [-0.25, -0.2) is 8.42 Å². The summed E-state index contributed by atoms with van der Waals surface area (Å²) in [7, 11) is -2.49. The molecule has 0 fully saturated rings. The first-order valence-electron chi connectivity index (χ1n) is 8.71. The van der Waals surface area contributed by atoms with E-state index in [-0.39, 0.29) is 17.1 Å². The van der Waals surface area contributed by atoms with Gasteiger partial charge >= 0.3 is 5.56 Å². The van der Waals surface area contributed by atoms with Gasteiger partial charge in [-0.15, -0.1) is 0 Å². The summed E-state index contributed by atoms with van der Waals surface area (Å²) < 4.78 is 29.7. The van der Waals surface area contributed by atoms with Crippen molar-refractivity contribution in [3.8, 4) is 22.6 Å². The van der Waals surface area contributed by atoms with Crippen molar-refractivity contribution >= 4 is 26.6 Å². The third-order valence-electron chi connectivity index (χ3n) is 4.01. The van der Waals surface area contributed by atoms with Gasteiger partial charge in [0.15, 0.2) is 5.75 Å². The van der Waals surface area contributed by atoms with E-state index in [0.29, 0.717) is 23.4 Å². The Kier molecular flexibility index (Phi) is 6.64. The number of hydrogen-bond donors (Lipinski definition) is 1. The fourth-order valence-electron chi connectivity index (χ4n) is 2.72. The van der Waals surface area contributed by atoms with E-state index in [0.717, 1.165) is 16.5 Å². The molecule has 0 amide bonds. The number of aromatic nitrogens is 2. The molecule has 1 aromatic heterocycles. The SMILES string of the molecule is CCCOc1c(-c2ccc(C[SH](=O)=O)cc2)cnn(-c2cccc(Br)c2)c1=O. The van der Waals surface area contributed by atoms with Crippen LogP contribution >= 0.6 is 15.9 Å². The summed E-state index contributed by atoms with van der Waals surface area (Å²) in [6.07, 6.45) is 2.35. The lowest BCUT2D eigenvalue weighted by Crippen LogP contribution is -2.24. The first-order valence-corrected chi connectivity index (χ1v) is 10.9. The number of halogens is 1. The second-order valence-electron chi connectivity index (χ2n) is 6.12. The Balaban J connectivity index is 2.08. The maximum Gasteiger partial charge on any atom is 0.314 e. The predicted molar refractivity (Wildman–Crippen MR) is 113 cm³/mol. The zero-order valence-corrected chi connectivity index (χ0v) is 17.7. The summed E-state index contributed by atoms with van der Waals surface area (Å²) in [6.45, 7) is 2.37. The molecule has 1 heterocycles. The molecule has 146 valence electrons. The smallest absolute Gasteiger partial charge is 0.314 e. The third kappa shape index (κ3) is 4.69. The van der Waals surface area contributed by atoms with Crippen LogP contribution < -0.4 is 10.3 Å². The largest absolute Gasteiger partial charge is 0.487 e. The lowest BCUT2D eigenvalue weighted by Gasteiger charge is -2.13. The molecule has 0 saturated carbocycles. The molecule has 0 aliphatic rings. The Morgan fingerprint density at radius 1 is 1.14 bits per heavy atom. The molecule has 0 aliphatic heterocycles. The Bertz CT molecular complexity index is 1100. The minimum Gasteiger partial charge on any atom is -0.487 e. The zero-order chi connectivity index (χ0) is 20.1. The van der Waals surface area contributed by atoms with Crippen molar-refractivity contribution in [3.05, 3.63) is 75.1 Å². The van der Waals surface area contributed by atoms with Crippen LogP contribution in [0, 0.1) is 0 Å². The van der Waals surface area contributed by atoms with Gasteiger partial charge in [-0.05, 0) is 35.7 Å². The van der Waals surface area contributed by atoms with Crippen LogP contribution in [-0.4, -0.2) is 24.8 Å². The minimum absolute atomic E-state index is 0.0163. The predicted octanol–water partition coefficient (Wildman–Crippen LogP) is 3.56. The van der Waals surface area contributed by atoms with E-state index in [1.54, 1.807) is 42.6 Å². The van der Waals surface area contributed by atoms with Gasteiger partial charge in [0.2, 0.25) is 0 Å². The molecular formula is C20H19BrN2O4S. The quantitative estimate of drug-likeness (QED) is 0.543. The van der Waals surface area contributed by atoms with Crippen molar-refractivity contribution in [2.75, 3.05) is 6.61 Å². The van der Waals surface area contributed by atoms with E-state index in [1.165, 1.54) is 4.68 Å². The highest BCUT2D eigenvalue weighted by molar-refractivity contribution is 9.10. The lowest BCUT2D eigenvalue weighted by molar-refractivity contribution is 0.312. The summed E-state index contributed by atoms with van der Waals surface area (Å²) in [6, 6.07) is 14.3. The molecule has 0 atom stereocenters. The standard InChI is InChI=1S/C20H19BrN2O4S/c1-2-10-27-19-18(15-8-6-14(7-9-15)13-28(25)26)12-22-23(20(19)24)17-5-3-4-16(21)11-17/h3-9,11-12,28H,2,10,13H2,1H3. The molecule has 28 heavy (non-hydrogen) atoms. The summed E-state index contributed by atoms with van der Waals surface area (Å²) in [5.74, 6) is 0.205. The molecule has 8 heteroatoms. The molecule has 0 bridgehead atoms. The van der Waals surface area contributed by atoms with Crippen molar-refractivity contribution < 1.29 is 13.2 Å². The van der Waals surface area contributed by atoms with Crippen molar-refractivity contribution in [3.63, 3.8) is 0 Å². The van der Waals surface area contributed by atoms with Crippen LogP contribution in [0.25, 0.3) is 16.8 Å². The van der Waals surface area contributed by atoms with E-state index in [9.17, 15) is 13.2 Å². The molecule has 6 nitrogen and oxygen atoms in total. The molecule has 3 rings (SSSR count). The summed E-state index contributed by atoms with van der Waals surface area (Å²) in [4.78, 5) is 13.1.